The molecule has 10 nitrogen and oxygen atoms in total. The zero-order valence-electron chi connectivity index (χ0n) is 25.5. The van der Waals surface area contributed by atoms with Gasteiger partial charge in [-0.1, -0.05) is 30.1 Å². The van der Waals surface area contributed by atoms with Gasteiger partial charge in [-0.2, -0.15) is 0 Å². The fraction of sp³-hybridized carbons (Fsp3) is 0.394. The summed E-state index contributed by atoms with van der Waals surface area (Å²) in [5.74, 6) is 2.80. The quantitative estimate of drug-likeness (QED) is 0.234. The fourth-order valence-corrected chi connectivity index (χ4v) is 7.31. The van der Waals surface area contributed by atoms with Crippen LogP contribution >= 0.6 is 23.2 Å². The highest BCUT2D eigenvalue weighted by atomic mass is 35.5. The molecule has 0 amide bonds. The number of likely N-dealkylation sites (N-methyl/N-ethyl adjacent to an activating group) is 1. The molecule has 7 rings (SSSR count). The van der Waals surface area contributed by atoms with Crippen molar-refractivity contribution in [3.05, 3.63) is 74.8 Å². The Labute approximate surface area is 271 Å². The van der Waals surface area contributed by atoms with E-state index in [0.29, 0.717) is 69.4 Å². The third-order valence-electron chi connectivity index (χ3n) is 9.63. The molecule has 0 N–H and O–H groups in total. The normalized spacial score (nSPS) is 22.5. The maximum atomic E-state index is 13.3. The molecule has 0 spiro atoms. The van der Waals surface area contributed by atoms with Gasteiger partial charge in [0, 0.05) is 42.8 Å². The van der Waals surface area contributed by atoms with Crippen LogP contribution in [0.2, 0.25) is 10.0 Å². The van der Waals surface area contributed by atoms with E-state index in [0.717, 1.165) is 36.7 Å². The van der Waals surface area contributed by atoms with E-state index < -0.39 is 0 Å². The Balaban J connectivity index is 1.24. The van der Waals surface area contributed by atoms with Gasteiger partial charge in [-0.15, -0.1) is 0 Å². The summed E-state index contributed by atoms with van der Waals surface area (Å²) in [6, 6.07) is 10.1. The van der Waals surface area contributed by atoms with Crippen LogP contribution < -0.4 is 24.7 Å². The summed E-state index contributed by atoms with van der Waals surface area (Å²) >= 11 is 13.3. The molecular weight excluding hydrogens is 615 g/mol. The predicted octanol–water partition coefficient (Wildman–Crippen LogP) is 4.95. The monoisotopic (exact) mass is 648 g/mol. The van der Waals surface area contributed by atoms with Gasteiger partial charge in [0.15, 0.2) is 11.7 Å². The first-order chi connectivity index (χ1) is 21.7. The number of rotatable bonds is 9. The van der Waals surface area contributed by atoms with Crippen LogP contribution in [0.1, 0.15) is 23.7 Å². The first-order valence-electron chi connectivity index (χ1n) is 15.0. The van der Waals surface area contributed by atoms with Crippen LogP contribution in [0.5, 0.6) is 11.6 Å². The highest BCUT2D eigenvalue weighted by Gasteiger charge is 2.59. The highest BCUT2D eigenvalue weighted by Crippen LogP contribution is 2.55. The number of aldehydes is 1. The molecule has 45 heavy (non-hydrogen) atoms. The summed E-state index contributed by atoms with van der Waals surface area (Å²) in [6.45, 7) is 4.44. The topological polar surface area (TPSA) is 93.0 Å². The average molecular weight is 650 g/mol. The van der Waals surface area contributed by atoms with E-state index in [9.17, 15) is 9.59 Å². The van der Waals surface area contributed by atoms with Crippen molar-refractivity contribution in [2.24, 2.45) is 11.8 Å². The molecule has 4 unspecified atom stereocenters. The Kier molecular flexibility index (Phi) is 7.62. The van der Waals surface area contributed by atoms with Gasteiger partial charge in [0.25, 0.3) is 0 Å². The van der Waals surface area contributed by atoms with Crippen LogP contribution in [-0.4, -0.2) is 84.7 Å². The molecule has 1 saturated carbocycles. The lowest BCUT2D eigenvalue weighted by Gasteiger charge is -2.43. The van der Waals surface area contributed by atoms with Gasteiger partial charge in [-0.05, 0) is 56.6 Å². The molecule has 1 aromatic carbocycles. The molecule has 12 heteroatoms. The number of benzene rings is 1. The summed E-state index contributed by atoms with van der Waals surface area (Å²) in [5.41, 5.74) is 1.90. The Morgan fingerprint density at radius 1 is 1.09 bits per heavy atom. The summed E-state index contributed by atoms with van der Waals surface area (Å²) in [6.07, 6.45) is 6.46. The SMILES string of the molecule is COc1cnc(OCC2CC3C(C)C3N2c2cc3c(cc2Cl)c(=O)c(C=O)cn3-c2ccc(N3CC(N(C)C)C3)nc2)c(Cl)c1. The summed E-state index contributed by atoms with van der Waals surface area (Å²) in [5, 5.41) is 1.19. The van der Waals surface area contributed by atoms with Crippen LogP contribution in [0.15, 0.2) is 53.7 Å². The van der Waals surface area contributed by atoms with Crippen LogP contribution in [0.25, 0.3) is 16.6 Å². The summed E-state index contributed by atoms with van der Waals surface area (Å²) in [7, 11) is 5.73. The van der Waals surface area contributed by atoms with E-state index in [1.165, 1.54) is 0 Å². The molecule has 4 aromatic rings. The van der Waals surface area contributed by atoms with E-state index in [-0.39, 0.29) is 17.0 Å². The van der Waals surface area contributed by atoms with Crippen LogP contribution in [0.3, 0.4) is 0 Å². The Morgan fingerprint density at radius 2 is 1.89 bits per heavy atom. The molecule has 0 bridgehead atoms. The highest BCUT2D eigenvalue weighted by molar-refractivity contribution is 6.34. The molecule has 3 aromatic heterocycles. The van der Waals surface area contributed by atoms with Crippen molar-refractivity contribution in [2.45, 2.75) is 31.5 Å². The van der Waals surface area contributed by atoms with Crippen molar-refractivity contribution in [1.82, 2.24) is 19.4 Å². The lowest BCUT2D eigenvalue weighted by atomic mass is 10.1. The number of aromatic nitrogens is 3. The van der Waals surface area contributed by atoms with Crippen molar-refractivity contribution in [2.75, 3.05) is 50.7 Å². The third kappa shape index (κ3) is 5.18. The Hall–Kier alpha value is -3.86. The van der Waals surface area contributed by atoms with Gasteiger partial charge >= 0.3 is 0 Å². The summed E-state index contributed by atoms with van der Waals surface area (Å²) in [4.78, 5) is 41.1. The van der Waals surface area contributed by atoms with Gasteiger partial charge in [0.05, 0.1) is 53.0 Å². The summed E-state index contributed by atoms with van der Waals surface area (Å²) < 4.78 is 13.2. The zero-order chi connectivity index (χ0) is 31.6. The van der Waals surface area contributed by atoms with E-state index in [1.807, 2.05) is 22.8 Å². The van der Waals surface area contributed by atoms with Gasteiger partial charge in [0.1, 0.15) is 23.2 Å². The first kappa shape index (κ1) is 29.8. The molecular formula is C33H34Cl2N6O4. The van der Waals surface area contributed by atoms with Crippen LogP contribution in [0.4, 0.5) is 11.5 Å². The maximum absolute atomic E-state index is 13.3. The number of nitrogens with zero attached hydrogens (tertiary/aromatic N) is 6. The predicted molar refractivity (Wildman–Crippen MR) is 176 cm³/mol. The number of ether oxygens (including phenoxy) is 2. The minimum atomic E-state index is -0.358. The molecule has 234 valence electrons. The van der Waals surface area contributed by atoms with E-state index >= 15 is 0 Å². The smallest absolute Gasteiger partial charge is 0.232 e. The number of pyridine rings is 3. The molecule has 2 aliphatic heterocycles. The fourth-order valence-electron chi connectivity index (χ4n) is 6.84. The molecule has 3 aliphatic rings. The zero-order valence-corrected chi connectivity index (χ0v) is 27.0. The van der Waals surface area contributed by atoms with Gasteiger partial charge in [0.2, 0.25) is 5.88 Å². The number of hydrogen-bond donors (Lipinski definition) is 0. The second kappa shape index (κ2) is 11.5. The van der Waals surface area contributed by atoms with E-state index in [4.69, 9.17) is 37.7 Å². The Bertz CT molecular complexity index is 1840. The lowest BCUT2D eigenvalue weighted by molar-refractivity contribution is 0.112. The standard InChI is InChI=1S/C33H34Cl2N6O4/c1-18-24-7-21(17-45-33-27(35)8-23(44-4)12-37-33)41(31(18)24)29-10-28-25(9-26(29)34)32(43)19(16-42)13-40(28)20-5-6-30(36-11-20)39-14-22(15-39)38(2)3/h5-6,8-13,16,18,21-22,24,31H,7,14-15,17H2,1-4H3. The number of carbonyl (C=O) groups is 1. The molecule has 5 heterocycles. The van der Waals surface area contributed by atoms with E-state index in [2.05, 4.69) is 40.7 Å². The van der Waals surface area contributed by atoms with Crippen molar-refractivity contribution in [3.8, 4) is 17.3 Å². The minimum absolute atomic E-state index is 0.0176. The van der Waals surface area contributed by atoms with Crippen molar-refractivity contribution >= 4 is 51.9 Å². The third-order valence-corrected chi connectivity index (χ3v) is 10.2. The van der Waals surface area contributed by atoms with E-state index in [1.54, 1.807) is 37.8 Å². The average Bonchev–Trinajstić information content (AvgIpc) is 3.45. The number of fused-ring (bicyclic) bond motifs is 2. The van der Waals surface area contributed by atoms with Crippen molar-refractivity contribution < 1.29 is 14.3 Å². The number of carbonyl (C=O) groups excluding carboxylic acids is 1. The molecule has 2 saturated heterocycles. The number of anilines is 2. The largest absolute Gasteiger partial charge is 0.495 e. The number of piperidine rings is 1. The van der Waals surface area contributed by atoms with Crippen LogP contribution in [-0.2, 0) is 0 Å². The number of methoxy groups -OCH3 is 1. The molecule has 3 fully saturated rings. The van der Waals surface area contributed by atoms with Gasteiger partial charge in [-0.3, -0.25) is 9.59 Å². The van der Waals surface area contributed by atoms with Crippen molar-refractivity contribution in [3.63, 3.8) is 0 Å². The molecule has 0 radical (unpaired) electrons. The van der Waals surface area contributed by atoms with Crippen molar-refractivity contribution in [1.29, 1.82) is 0 Å². The number of hydrogen-bond acceptors (Lipinski definition) is 9. The minimum Gasteiger partial charge on any atom is -0.495 e. The van der Waals surface area contributed by atoms with Gasteiger partial charge < -0.3 is 28.7 Å². The first-order valence-corrected chi connectivity index (χ1v) is 15.8. The Morgan fingerprint density at radius 3 is 2.56 bits per heavy atom. The second-order valence-corrected chi connectivity index (χ2v) is 13.2. The molecule has 4 atom stereocenters. The molecule has 1 aliphatic carbocycles. The second-order valence-electron chi connectivity index (χ2n) is 12.4. The number of halogens is 2. The van der Waals surface area contributed by atoms with Gasteiger partial charge in [-0.25, -0.2) is 9.97 Å². The lowest BCUT2D eigenvalue weighted by Crippen LogP contribution is -2.57. The van der Waals surface area contributed by atoms with Crippen LogP contribution in [0, 0.1) is 11.8 Å². The maximum Gasteiger partial charge on any atom is 0.232 e.